The highest BCUT2D eigenvalue weighted by Gasteiger charge is 2.12. The van der Waals surface area contributed by atoms with Gasteiger partial charge in [-0.3, -0.25) is 0 Å². The Bertz CT molecular complexity index is 352. The Morgan fingerprint density at radius 3 is 3.00 bits per heavy atom. The van der Waals surface area contributed by atoms with Gasteiger partial charge in [0.25, 0.3) is 0 Å². The van der Waals surface area contributed by atoms with Crippen LogP contribution in [0.1, 0.15) is 24.5 Å². The Morgan fingerprint density at radius 1 is 1.43 bits per heavy atom. The van der Waals surface area contributed by atoms with Crippen LogP contribution in [0.4, 0.5) is 0 Å². The number of methoxy groups -OCH3 is 1. The van der Waals surface area contributed by atoms with Gasteiger partial charge in [0, 0.05) is 0 Å². The summed E-state index contributed by atoms with van der Waals surface area (Å²) in [6, 6.07) is 6.34. The van der Waals surface area contributed by atoms with Crippen LogP contribution in [0.25, 0.3) is 6.08 Å². The van der Waals surface area contributed by atoms with Gasteiger partial charge in [0.15, 0.2) is 0 Å². The van der Waals surface area contributed by atoms with Crippen molar-refractivity contribution < 1.29 is 4.74 Å². The largest absolute Gasteiger partial charge is 0.497 e. The van der Waals surface area contributed by atoms with Crippen LogP contribution in [0, 0.1) is 5.92 Å². The van der Waals surface area contributed by atoms with Gasteiger partial charge < -0.3 is 4.74 Å². The molecule has 0 spiro atoms. The van der Waals surface area contributed by atoms with E-state index in [1.54, 1.807) is 7.11 Å². The number of rotatable bonds is 2. The lowest BCUT2D eigenvalue weighted by Gasteiger charge is -2.18. The molecule has 1 aromatic carbocycles. The maximum absolute atomic E-state index is 5.20. The fourth-order valence-corrected chi connectivity index (χ4v) is 1.91. The van der Waals surface area contributed by atoms with E-state index in [9.17, 15) is 0 Å². The van der Waals surface area contributed by atoms with Crippen molar-refractivity contribution in [1.82, 2.24) is 0 Å². The first kappa shape index (κ1) is 9.32. The molecule has 0 bridgehead atoms. The highest BCUT2D eigenvalue weighted by molar-refractivity contribution is 5.59. The van der Waals surface area contributed by atoms with Crippen LogP contribution < -0.4 is 4.74 Å². The van der Waals surface area contributed by atoms with E-state index in [1.165, 1.54) is 24.0 Å². The summed E-state index contributed by atoms with van der Waals surface area (Å²) in [5.41, 5.74) is 2.76. The van der Waals surface area contributed by atoms with Crippen LogP contribution in [-0.4, -0.2) is 7.11 Å². The molecule has 0 heterocycles. The van der Waals surface area contributed by atoms with E-state index in [-0.39, 0.29) is 0 Å². The summed E-state index contributed by atoms with van der Waals surface area (Å²) in [7, 11) is 1.71. The molecular weight excluding hydrogens is 172 g/mol. The van der Waals surface area contributed by atoms with Crippen LogP contribution in [-0.2, 0) is 6.42 Å². The second-order valence-corrected chi connectivity index (χ2v) is 3.80. The molecule has 1 aliphatic rings. The van der Waals surface area contributed by atoms with Crippen molar-refractivity contribution in [2.24, 2.45) is 5.92 Å². The summed E-state index contributed by atoms with van der Waals surface area (Å²) in [6.45, 7) is 2.24. The molecule has 0 radical (unpaired) electrons. The molecule has 0 saturated heterocycles. The molecule has 74 valence electrons. The lowest BCUT2D eigenvalue weighted by molar-refractivity contribution is 0.414. The Hall–Kier alpha value is -1.24. The topological polar surface area (TPSA) is 9.23 Å². The number of allylic oxidation sites excluding steroid dienone is 1. The fourth-order valence-electron chi connectivity index (χ4n) is 1.91. The number of benzene rings is 1. The summed E-state index contributed by atoms with van der Waals surface area (Å²) < 4.78 is 5.20. The molecule has 1 aromatic rings. The predicted molar refractivity (Wildman–Crippen MR) is 59.5 cm³/mol. The lowest BCUT2D eigenvalue weighted by atomic mass is 9.88. The standard InChI is InChI=1S/C13H16O/c1-3-10-4-5-12-9-13(14-2)7-6-11(12)8-10/h4-7,9-10H,3,8H2,1-2H3. The van der Waals surface area contributed by atoms with E-state index in [2.05, 4.69) is 31.2 Å². The van der Waals surface area contributed by atoms with Crippen LogP contribution in [0.3, 0.4) is 0 Å². The monoisotopic (exact) mass is 188 g/mol. The summed E-state index contributed by atoms with van der Waals surface area (Å²) in [4.78, 5) is 0. The van der Waals surface area contributed by atoms with Crippen molar-refractivity contribution in [2.45, 2.75) is 19.8 Å². The fraction of sp³-hybridized carbons (Fsp3) is 0.385. The van der Waals surface area contributed by atoms with Gasteiger partial charge in [0.2, 0.25) is 0 Å². The first-order valence-electron chi connectivity index (χ1n) is 5.18. The molecule has 0 aromatic heterocycles. The zero-order chi connectivity index (χ0) is 9.97. The van der Waals surface area contributed by atoms with Crippen molar-refractivity contribution in [1.29, 1.82) is 0 Å². The third-order valence-corrected chi connectivity index (χ3v) is 2.91. The maximum atomic E-state index is 5.20. The minimum Gasteiger partial charge on any atom is -0.497 e. The molecule has 0 amide bonds. The Kier molecular flexibility index (Phi) is 2.58. The molecule has 1 atom stereocenters. The number of hydrogen-bond acceptors (Lipinski definition) is 1. The Labute approximate surface area is 85.4 Å². The highest BCUT2D eigenvalue weighted by atomic mass is 16.5. The molecule has 0 fully saturated rings. The summed E-state index contributed by atoms with van der Waals surface area (Å²) >= 11 is 0. The van der Waals surface area contributed by atoms with Gasteiger partial charge in [-0.1, -0.05) is 25.1 Å². The number of fused-ring (bicyclic) bond motifs is 1. The molecule has 1 heteroatoms. The molecule has 1 nitrogen and oxygen atoms in total. The first-order valence-corrected chi connectivity index (χ1v) is 5.18. The van der Waals surface area contributed by atoms with Gasteiger partial charge in [-0.05, 0) is 42.0 Å². The second kappa shape index (κ2) is 3.87. The van der Waals surface area contributed by atoms with Crippen LogP contribution in [0.15, 0.2) is 24.3 Å². The molecule has 0 saturated carbocycles. The summed E-state index contributed by atoms with van der Waals surface area (Å²) in [5, 5.41) is 0. The molecule has 1 unspecified atom stereocenters. The van der Waals surface area contributed by atoms with Crippen LogP contribution in [0.2, 0.25) is 0 Å². The van der Waals surface area contributed by atoms with Gasteiger partial charge in [0.05, 0.1) is 7.11 Å². The van der Waals surface area contributed by atoms with E-state index in [4.69, 9.17) is 4.74 Å². The average Bonchev–Trinajstić information content (AvgIpc) is 2.27. The van der Waals surface area contributed by atoms with Gasteiger partial charge in [0.1, 0.15) is 5.75 Å². The van der Waals surface area contributed by atoms with Gasteiger partial charge in [-0.2, -0.15) is 0 Å². The third kappa shape index (κ3) is 1.67. The van der Waals surface area contributed by atoms with Crippen molar-refractivity contribution in [3.05, 3.63) is 35.4 Å². The summed E-state index contributed by atoms with van der Waals surface area (Å²) in [6.07, 6.45) is 6.92. The zero-order valence-electron chi connectivity index (χ0n) is 8.79. The average molecular weight is 188 g/mol. The minimum atomic E-state index is 0.718. The Morgan fingerprint density at radius 2 is 2.29 bits per heavy atom. The van der Waals surface area contributed by atoms with Gasteiger partial charge in [-0.25, -0.2) is 0 Å². The van der Waals surface area contributed by atoms with E-state index in [0.717, 1.165) is 11.7 Å². The third-order valence-electron chi connectivity index (χ3n) is 2.91. The SMILES string of the molecule is CCC1C=Cc2cc(OC)ccc2C1. The van der Waals surface area contributed by atoms with E-state index in [1.807, 2.05) is 6.07 Å². The van der Waals surface area contributed by atoms with E-state index >= 15 is 0 Å². The van der Waals surface area contributed by atoms with Crippen molar-refractivity contribution in [2.75, 3.05) is 7.11 Å². The van der Waals surface area contributed by atoms with Gasteiger partial charge in [-0.15, -0.1) is 0 Å². The zero-order valence-corrected chi connectivity index (χ0v) is 8.79. The quantitative estimate of drug-likeness (QED) is 0.692. The predicted octanol–water partition coefficient (Wildman–Crippen LogP) is 3.29. The van der Waals surface area contributed by atoms with E-state index < -0.39 is 0 Å². The van der Waals surface area contributed by atoms with Crippen LogP contribution >= 0.6 is 0 Å². The van der Waals surface area contributed by atoms with E-state index in [0.29, 0.717) is 0 Å². The second-order valence-electron chi connectivity index (χ2n) is 3.80. The van der Waals surface area contributed by atoms with Gasteiger partial charge >= 0.3 is 0 Å². The molecule has 1 aliphatic carbocycles. The Balaban J connectivity index is 2.31. The smallest absolute Gasteiger partial charge is 0.119 e. The highest BCUT2D eigenvalue weighted by Crippen LogP contribution is 2.27. The molecule has 14 heavy (non-hydrogen) atoms. The van der Waals surface area contributed by atoms with Crippen molar-refractivity contribution in [3.8, 4) is 5.75 Å². The lowest BCUT2D eigenvalue weighted by Crippen LogP contribution is -2.05. The minimum absolute atomic E-state index is 0.718. The summed E-state index contributed by atoms with van der Waals surface area (Å²) in [5.74, 6) is 1.67. The normalized spacial score (nSPS) is 19.1. The number of hydrogen-bond donors (Lipinski definition) is 0. The molecular formula is C13H16O. The van der Waals surface area contributed by atoms with Crippen LogP contribution in [0.5, 0.6) is 5.75 Å². The van der Waals surface area contributed by atoms with Crippen molar-refractivity contribution >= 4 is 6.08 Å². The molecule has 2 rings (SSSR count). The van der Waals surface area contributed by atoms with Crippen molar-refractivity contribution in [3.63, 3.8) is 0 Å². The first-order chi connectivity index (χ1) is 6.83. The maximum Gasteiger partial charge on any atom is 0.119 e. The number of ether oxygens (including phenoxy) is 1. The molecule has 0 N–H and O–H groups in total. The molecule has 0 aliphatic heterocycles.